The summed E-state index contributed by atoms with van der Waals surface area (Å²) in [7, 11) is 0. The number of hydrazine groups is 1. The molecule has 0 unspecified atom stereocenters. The number of hydrogen-bond donors (Lipinski definition) is 3. The molecule has 2 aromatic rings. The number of carbonyl (C=O) groups excluding carboxylic acids is 2. The summed E-state index contributed by atoms with van der Waals surface area (Å²) < 4.78 is 13.5. The third-order valence-corrected chi connectivity index (χ3v) is 4.05. The summed E-state index contributed by atoms with van der Waals surface area (Å²) in [4.78, 5) is 24.0. The highest BCUT2D eigenvalue weighted by molar-refractivity contribution is 7.80. The van der Waals surface area contributed by atoms with Crippen molar-refractivity contribution in [2.45, 2.75) is 26.7 Å². The monoisotopic (exact) mass is 373 g/mol. The molecular formula is C19H20FN3O2S. The number of rotatable bonds is 5. The molecule has 0 spiro atoms. The Morgan fingerprint density at radius 2 is 1.73 bits per heavy atom. The fraction of sp³-hybridized carbons (Fsp3) is 0.211. The highest BCUT2D eigenvalue weighted by atomic mass is 32.1. The predicted molar refractivity (Wildman–Crippen MR) is 103 cm³/mol. The fourth-order valence-corrected chi connectivity index (χ4v) is 2.35. The van der Waals surface area contributed by atoms with E-state index in [1.165, 1.54) is 12.1 Å². The van der Waals surface area contributed by atoms with E-state index in [2.05, 4.69) is 16.2 Å². The summed E-state index contributed by atoms with van der Waals surface area (Å²) in [5, 5.41) is 2.68. The Bertz CT molecular complexity index is 839. The Balaban J connectivity index is 1.76. The molecule has 3 N–H and O–H groups in total. The second kappa shape index (κ2) is 9.05. The van der Waals surface area contributed by atoms with Crippen LogP contribution in [0.5, 0.6) is 0 Å². The number of carbonyl (C=O) groups is 2. The van der Waals surface area contributed by atoms with Gasteiger partial charge in [0.2, 0.25) is 5.91 Å². The molecule has 0 aliphatic carbocycles. The zero-order chi connectivity index (χ0) is 19.1. The number of halogens is 1. The Morgan fingerprint density at radius 1 is 1.00 bits per heavy atom. The highest BCUT2D eigenvalue weighted by Crippen LogP contribution is 2.13. The number of aryl methyl sites for hydroxylation is 2. The molecule has 0 heterocycles. The van der Waals surface area contributed by atoms with Gasteiger partial charge in [0.1, 0.15) is 5.82 Å². The van der Waals surface area contributed by atoms with Crippen molar-refractivity contribution >= 4 is 34.7 Å². The van der Waals surface area contributed by atoms with Crippen LogP contribution in [-0.2, 0) is 4.79 Å². The molecule has 0 aliphatic heterocycles. The first-order valence-corrected chi connectivity index (χ1v) is 8.48. The molecule has 2 rings (SSSR count). The van der Waals surface area contributed by atoms with Crippen molar-refractivity contribution < 1.29 is 14.0 Å². The molecule has 2 aromatic carbocycles. The van der Waals surface area contributed by atoms with Crippen molar-refractivity contribution in [1.29, 1.82) is 0 Å². The zero-order valence-corrected chi connectivity index (χ0v) is 15.4. The summed E-state index contributed by atoms with van der Waals surface area (Å²) in [6.07, 6.45) is 0.102. The maximum Gasteiger partial charge on any atom is 0.238 e. The summed E-state index contributed by atoms with van der Waals surface area (Å²) in [6.45, 7) is 3.91. The molecule has 0 fully saturated rings. The van der Waals surface area contributed by atoms with E-state index < -0.39 is 5.82 Å². The summed E-state index contributed by atoms with van der Waals surface area (Å²) in [5.41, 5.74) is 7.79. The minimum atomic E-state index is -0.457. The van der Waals surface area contributed by atoms with Gasteiger partial charge >= 0.3 is 0 Å². The third kappa shape index (κ3) is 5.63. The summed E-state index contributed by atoms with van der Waals surface area (Å²) >= 11 is 4.98. The predicted octanol–water partition coefficient (Wildman–Crippen LogP) is 3.42. The topological polar surface area (TPSA) is 70.2 Å². The van der Waals surface area contributed by atoms with Gasteiger partial charge in [0.25, 0.3) is 0 Å². The molecule has 26 heavy (non-hydrogen) atoms. The number of Topliss-reactive ketones (excluding diaryl/α,β-unsaturated/α-hetero) is 1. The van der Waals surface area contributed by atoms with Crippen LogP contribution in [-0.4, -0.2) is 16.8 Å². The molecule has 0 bridgehead atoms. The summed E-state index contributed by atoms with van der Waals surface area (Å²) in [5.74, 6) is -0.947. The highest BCUT2D eigenvalue weighted by Gasteiger charge is 2.10. The second-order valence-corrected chi connectivity index (χ2v) is 6.24. The van der Waals surface area contributed by atoms with E-state index >= 15 is 0 Å². The van der Waals surface area contributed by atoms with Crippen LogP contribution in [0.3, 0.4) is 0 Å². The van der Waals surface area contributed by atoms with Gasteiger partial charge in [-0.05, 0) is 55.4 Å². The number of anilines is 1. The number of amides is 1. The van der Waals surface area contributed by atoms with E-state index in [0.29, 0.717) is 5.56 Å². The second-order valence-electron chi connectivity index (χ2n) is 5.83. The minimum absolute atomic E-state index is 0.0149. The number of ketones is 1. The molecule has 1 amide bonds. The van der Waals surface area contributed by atoms with Crippen LogP contribution in [0.2, 0.25) is 0 Å². The van der Waals surface area contributed by atoms with Crippen LogP contribution in [0.1, 0.15) is 34.3 Å². The van der Waals surface area contributed by atoms with Crippen LogP contribution in [0.25, 0.3) is 0 Å². The van der Waals surface area contributed by atoms with Gasteiger partial charge in [-0.3, -0.25) is 20.4 Å². The van der Waals surface area contributed by atoms with Gasteiger partial charge in [-0.15, -0.1) is 0 Å². The molecular weight excluding hydrogens is 353 g/mol. The van der Waals surface area contributed by atoms with Crippen molar-refractivity contribution in [3.8, 4) is 0 Å². The molecule has 0 saturated heterocycles. The first-order valence-electron chi connectivity index (χ1n) is 8.07. The lowest BCUT2D eigenvalue weighted by Crippen LogP contribution is -2.43. The maximum atomic E-state index is 13.5. The number of thiocarbonyl (C=S) groups is 1. The van der Waals surface area contributed by atoms with Crippen LogP contribution in [0.4, 0.5) is 10.1 Å². The minimum Gasteiger partial charge on any atom is -0.329 e. The first kappa shape index (κ1) is 19.5. The van der Waals surface area contributed by atoms with E-state index in [4.69, 9.17) is 12.2 Å². The van der Waals surface area contributed by atoms with E-state index in [1.807, 2.05) is 26.0 Å². The standard InChI is InChI=1S/C19H20FN3O2S/c1-12-7-8-14(11-13(12)2)17(24)9-10-18(25)22-23-19(26)21-16-6-4-3-5-15(16)20/h3-8,11H,9-10H2,1-2H3,(H,22,25)(H2,21,23,26). The molecule has 5 nitrogen and oxygen atoms in total. The lowest BCUT2D eigenvalue weighted by Gasteiger charge is -2.12. The average Bonchev–Trinajstić information content (AvgIpc) is 2.62. The lowest BCUT2D eigenvalue weighted by molar-refractivity contribution is -0.121. The fourth-order valence-electron chi connectivity index (χ4n) is 2.19. The SMILES string of the molecule is Cc1ccc(C(=O)CCC(=O)NNC(=S)Nc2ccccc2F)cc1C. The quantitative estimate of drug-likeness (QED) is 0.426. The summed E-state index contributed by atoms with van der Waals surface area (Å²) in [6, 6.07) is 11.5. The van der Waals surface area contributed by atoms with Crippen molar-refractivity contribution in [2.24, 2.45) is 0 Å². The van der Waals surface area contributed by atoms with Crippen molar-refractivity contribution in [3.05, 3.63) is 65.0 Å². The number of hydrogen-bond acceptors (Lipinski definition) is 3. The van der Waals surface area contributed by atoms with Gasteiger partial charge in [0.15, 0.2) is 10.9 Å². The largest absolute Gasteiger partial charge is 0.329 e. The molecule has 0 aromatic heterocycles. The van der Waals surface area contributed by atoms with E-state index in [9.17, 15) is 14.0 Å². The maximum absolute atomic E-state index is 13.5. The van der Waals surface area contributed by atoms with Crippen LogP contribution in [0, 0.1) is 19.7 Å². The molecule has 0 saturated carbocycles. The third-order valence-electron chi connectivity index (χ3n) is 3.85. The van der Waals surface area contributed by atoms with Gasteiger partial charge in [-0.1, -0.05) is 24.3 Å². The Kier molecular flexibility index (Phi) is 6.80. The normalized spacial score (nSPS) is 10.1. The van der Waals surface area contributed by atoms with Crippen LogP contribution >= 0.6 is 12.2 Å². The van der Waals surface area contributed by atoms with Crippen molar-refractivity contribution in [3.63, 3.8) is 0 Å². The van der Waals surface area contributed by atoms with Gasteiger partial charge in [-0.25, -0.2) is 4.39 Å². The molecule has 0 atom stereocenters. The Labute approximate surface area is 157 Å². The van der Waals surface area contributed by atoms with E-state index in [1.54, 1.807) is 18.2 Å². The van der Waals surface area contributed by atoms with Crippen molar-refractivity contribution in [2.75, 3.05) is 5.32 Å². The first-order chi connectivity index (χ1) is 12.4. The van der Waals surface area contributed by atoms with Crippen LogP contribution < -0.4 is 16.2 Å². The van der Waals surface area contributed by atoms with Crippen LogP contribution in [0.15, 0.2) is 42.5 Å². The number of nitrogens with one attached hydrogen (secondary N) is 3. The number of para-hydroxylation sites is 1. The number of benzene rings is 2. The molecule has 7 heteroatoms. The average molecular weight is 373 g/mol. The van der Waals surface area contributed by atoms with Gasteiger partial charge in [-0.2, -0.15) is 0 Å². The van der Waals surface area contributed by atoms with Gasteiger partial charge in [0.05, 0.1) is 5.69 Å². The molecule has 0 aliphatic rings. The van der Waals surface area contributed by atoms with Gasteiger partial charge in [0, 0.05) is 18.4 Å². The van der Waals surface area contributed by atoms with E-state index in [-0.39, 0.29) is 35.3 Å². The Morgan fingerprint density at radius 3 is 2.42 bits per heavy atom. The zero-order valence-electron chi connectivity index (χ0n) is 14.6. The molecule has 0 radical (unpaired) electrons. The molecule has 136 valence electrons. The van der Waals surface area contributed by atoms with E-state index in [0.717, 1.165) is 11.1 Å². The Hall–Kier alpha value is -2.80. The lowest BCUT2D eigenvalue weighted by atomic mass is 10.0. The van der Waals surface area contributed by atoms with Gasteiger partial charge < -0.3 is 5.32 Å². The van der Waals surface area contributed by atoms with Crippen molar-refractivity contribution in [1.82, 2.24) is 10.9 Å². The smallest absolute Gasteiger partial charge is 0.238 e.